The number of fused-ring (bicyclic) bond motifs is 9. The van der Waals surface area contributed by atoms with Crippen LogP contribution in [-0.4, -0.2) is 0 Å². The third-order valence-electron chi connectivity index (χ3n) is 15.2. The Morgan fingerprint density at radius 2 is 1.16 bits per heavy atom. The summed E-state index contributed by atoms with van der Waals surface area (Å²) in [7, 11) is 0. The van der Waals surface area contributed by atoms with Crippen molar-refractivity contribution in [2.45, 2.75) is 82.5 Å². The summed E-state index contributed by atoms with van der Waals surface area (Å²) in [6.07, 6.45) is 8.31. The molecule has 1 heteroatoms. The lowest BCUT2D eigenvalue weighted by molar-refractivity contribution is -0.231. The zero-order valence-corrected chi connectivity index (χ0v) is 29.5. The fraction of sp³-hybridized carbons (Fsp3) is 0.375. The van der Waals surface area contributed by atoms with E-state index in [2.05, 4.69) is 148 Å². The van der Waals surface area contributed by atoms with Crippen LogP contribution in [0.5, 0.6) is 0 Å². The molecule has 244 valence electrons. The lowest BCUT2D eigenvalue weighted by Gasteiger charge is -2.76. The van der Waals surface area contributed by atoms with Crippen LogP contribution in [0.1, 0.15) is 88.5 Å². The molecule has 6 aliphatic carbocycles. The van der Waals surface area contributed by atoms with E-state index in [1.165, 1.54) is 89.0 Å². The minimum atomic E-state index is 0.159. The predicted molar refractivity (Wildman–Crippen MR) is 203 cm³/mol. The molecule has 2 bridgehead atoms. The van der Waals surface area contributed by atoms with E-state index in [1.807, 2.05) is 0 Å². The normalized spacial score (nSPS) is 31.3. The first kappa shape index (κ1) is 28.7. The largest absolute Gasteiger partial charge is 0.310 e. The van der Waals surface area contributed by atoms with Gasteiger partial charge in [0.05, 0.1) is 0 Å². The molecular weight excluding hydrogens is 591 g/mol. The van der Waals surface area contributed by atoms with Crippen LogP contribution in [0.3, 0.4) is 0 Å². The highest BCUT2D eigenvalue weighted by Crippen LogP contribution is 2.89. The van der Waals surface area contributed by atoms with Crippen LogP contribution in [0.4, 0.5) is 17.1 Å². The summed E-state index contributed by atoms with van der Waals surface area (Å²) in [5.74, 6) is 3.51. The highest BCUT2D eigenvalue weighted by molar-refractivity contribution is 5.89. The molecule has 0 amide bonds. The molecule has 0 saturated heterocycles. The Kier molecular flexibility index (Phi) is 5.49. The van der Waals surface area contributed by atoms with Crippen LogP contribution >= 0.6 is 0 Å². The Balaban J connectivity index is 1.11. The Bertz CT molecular complexity index is 2170. The zero-order chi connectivity index (χ0) is 32.9. The number of anilines is 3. The van der Waals surface area contributed by atoms with Crippen molar-refractivity contribution < 1.29 is 0 Å². The SMILES string of the molecule is CC1(C)CCC(C)(C)c2cc(N(c3ccccc3)c3ccc4c(c3)C3(c5ccc(-c6ccccc6)cc5-4)C4CC5CC6CC3C64C5)ccc21. The van der Waals surface area contributed by atoms with Crippen molar-refractivity contribution in [3.05, 3.63) is 138 Å². The Morgan fingerprint density at radius 1 is 0.510 bits per heavy atom. The Hall–Kier alpha value is -4.10. The van der Waals surface area contributed by atoms with Crippen LogP contribution in [0.2, 0.25) is 0 Å². The van der Waals surface area contributed by atoms with E-state index >= 15 is 0 Å². The smallest absolute Gasteiger partial charge is 0.0465 e. The van der Waals surface area contributed by atoms with Gasteiger partial charge in [0.25, 0.3) is 0 Å². The molecule has 0 aromatic heterocycles. The van der Waals surface area contributed by atoms with Crippen LogP contribution in [0.25, 0.3) is 22.3 Å². The van der Waals surface area contributed by atoms with Gasteiger partial charge in [-0.05, 0) is 165 Å². The van der Waals surface area contributed by atoms with Crippen LogP contribution < -0.4 is 4.90 Å². The fourth-order valence-electron chi connectivity index (χ4n) is 13.0. The van der Waals surface area contributed by atoms with Crippen molar-refractivity contribution >= 4 is 17.1 Å². The van der Waals surface area contributed by atoms with E-state index in [-0.39, 0.29) is 16.2 Å². The molecule has 4 fully saturated rings. The van der Waals surface area contributed by atoms with E-state index in [1.54, 1.807) is 11.1 Å². The van der Waals surface area contributed by atoms with Gasteiger partial charge in [-0.1, -0.05) is 100 Å². The standard InChI is InChI=1S/C48H47N/c1-45(2)21-22-46(3,4)42-28-36(17-20-40(42)45)49(34-13-9-6-10-14-34)35-16-18-37-38-25-32(31-11-7-5-8-12-31)15-19-39(38)48(41(37)27-35)43-24-30-23-33-26-44(48)47(33,43)29-30/h5-20,25,27-28,30,33,43-44H,21-24,26,29H2,1-4H3. The first-order chi connectivity index (χ1) is 23.7. The van der Waals surface area contributed by atoms with Crippen molar-refractivity contribution in [3.8, 4) is 22.3 Å². The van der Waals surface area contributed by atoms with Crippen molar-refractivity contribution in [1.29, 1.82) is 0 Å². The molecule has 0 N–H and O–H groups in total. The van der Waals surface area contributed by atoms with Gasteiger partial charge >= 0.3 is 0 Å². The molecule has 0 aliphatic heterocycles. The molecule has 11 rings (SSSR count). The average molecular weight is 638 g/mol. The van der Waals surface area contributed by atoms with Gasteiger partial charge < -0.3 is 4.90 Å². The van der Waals surface area contributed by atoms with Gasteiger partial charge in [0.2, 0.25) is 0 Å². The van der Waals surface area contributed by atoms with E-state index in [4.69, 9.17) is 0 Å². The topological polar surface area (TPSA) is 3.24 Å². The van der Waals surface area contributed by atoms with E-state index in [0.717, 1.165) is 23.7 Å². The van der Waals surface area contributed by atoms with Crippen molar-refractivity contribution in [1.82, 2.24) is 0 Å². The van der Waals surface area contributed by atoms with Gasteiger partial charge in [-0.3, -0.25) is 0 Å². The van der Waals surface area contributed by atoms with Gasteiger partial charge in [0, 0.05) is 22.5 Å². The van der Waals surface area contributed by atoms with E-state index in [0.29, 0.717) is 5.41 Å². The second-order valence-corrected chi connectivity index (χ2v) is 18.1. The maximum absolute atomic E-state index is 2.66. The molecule has 4 saturated carbocycles. The molecule has 5 aromatic rings. The summed E-state index contributed by atoms with van der Waals surface area (Å²) in [5, 5.41) is 0. The number of hydrogen-bond donors (Lipinski definition) is 0. The summed E-state index contributed by atoms with van der Waals surface area (Å²) < 4.78 is 0. The molecule has 1 nitrogen and oxygen atoms in total. The van der Waals surface area contributed by atoms with Crippen LogP contribution in [-0.2, 0) is 16.2 Å². The first-order valence-corrected chi connectivity index (χ1v) is 19.1. The second kappa shape index (κ2) is 9.36. The highest BCUT2D eigenvalue weighted by atomic mass is 15.1. The van der Waals surface area contributed by atoms with Crippen molar-refractivity contribution in [3.63, 3.8) is 0 Å². The van der Waals surface area contributed by atoms with Gasteiger partial charge in [-0.15, -0.1) is 0 Å². The highest BCUT2D eigenvalue weighted by Gasteiger charge is 2.84. The zero-order valence-electron chi connectivity index (χ0n) is 29.5. The summed E-state index contributed by atoms with van der Waals surface area (Å²) in [5.41, 5.74) is 16.9. The third-order valence-corrected chi connectivity index (χ3v) is 15.2. The number of hydrogen-bond acceptors (Lipinski definition) is 1. The number of rotatable bonds is 4. The maximum atomic E-state index is 2.66. The molecule has 49 heavy (non-hydrogen) atoms. The van der Waals surface area contributed by atoms with E-state index < -0.39 is 0 Å². The monoisotopic (exact) mass is 637 g/mol. The molecule has 2 spiro atoms. The van der Waals surface area contributed by atoms with Crippen LogP contribution in [0, 0.1) is 29.1 Å². The third kappa shape index (κ3) is 3.48. The minimum absolute atomic E-state index is 0.159. The minimum Gasteiger partial charge on any atom is -0.310 e. The Morgan fingerprint density at radius 3 is 1.92 bits per heavy atom. The van der Waals surface area contributed by atoms with Crippen molar-refractivity contribution in [2.75, 3.05) is 4.90 Å². The number of nitrogens with zero attached hydrogens (tertiary/aromatic N) is 1. The summed E-state index contributed by atoms with van der Waals surface area (Å²) in [4.78, 5) is 2.56. The number of para-hydroxylation sites is 1. The average Bonchev–Trinajstić information content (AvgIpc) is 3.74. The van der Waals surface area contributed by atoms with Gasteiger partial charge in [-0.2, -0.15) is 0 Å². The van der Waals surface area contributed by atoms with Gasteiger partial charge in [0.15, 0.2) is 0 Å². The predicted octanol–water partition coefficient (Wildman–Crippen LogP) is 12.5. The molecule has 5 aromatic carbocycles. The lowest BCUT2D eigenvalue weighted by atomic mass is 9.27. The van der Waals surface area contributed by atoms with Gasteiger partial charge in [-0.25, -0.2) is 0 Å². The molecule has 6 atom stereocenters. The summed E-state index contributed by atoms with van der Waals surface area (Å²) in [6, 6.07) is 44.7. The molecule has 6 aliphatic rings. The molecule has 0 radical (unpaired) electrons. The van der Waals surface area contributed by atoms with Crippen LogP contribution in [0.15, 0.2) is 115 Å². The fourth-order valence-corrected chi connectivity index (χ4v) is 13.0. The van der Waals surface area contributed by atoms with E-state index in [9.17, 15) is 0 Å². The molecule has 0 heterocycles. The number of benzene rings is 5. The second-order valence-electron chi connectivity index (χ2n) is 18.1. The summed E-state index contributed by atoms with van der Waals surface area (Å²) in [6.45, 7) is 9.77. The molecular formula is C48H47N. The lowest BCUT2D eigenvalue weighted by Crippen LogP contribution is -2.73. The summed E-state index contributed by atoms with van der Waals surface area (Å²) >= 11 is 0. The maximum Gasteiger partial charge on any atom is 0.0465 e. The molecule has 6 unspecified atom stereocenters. The first-order valence-electron chi connectivity index (χ1n) is 19.1. The van der Waals surface area contributed by atoms with Gasteiger partial charge in [0.1, 0.15) is 0 Å². The quantitative estimate of drug-likeness (QED) is 0.189. The Labute approximate surface area is 292 Å². The van der Waals surface area contributed by atoms with Crippen molar-refractivity contribution in [2.24, 2.45) is 29.1 Å².